The Balaban J connectivity index is 3.11. The van der Waals surface area contributed by atoms with Gasteiger partial charge in [-0.15, -0.1) is 11.6 Å². The quantitative estimate of drug-likeness (QED) is 0.556. The number of carbonyl (C=O) groups is 1. The van der Waals surface area contributed by atoms with E-state index in [0.717, 1.165) is 12.3 Å². The van der Waals surface area contributed by atoms with Crippen LogP contribution in [0.5, 0.6) is 0 Å². The molecule has 1 heterocycles. The number of aliphatic hydroxyl groups excluding tert-OH is 2. The molecule has 0 amide bonds. The van der Waals surface area contributed by atoms with Crippen molar-refractivity contribution in [1.29, 1.82) is 0 Å². The fraction of sp³-hybridized carbons (Fsp3) is 0.333. The molecule has 0 aliphatic heterocycles. The summed E-state index contributed by atoms with van der Waals surface area (Å²) in [4.78, 5) is 14.3. The van der Waals surface area contributed by atoms with Gasteiger partial charge in [0.05, 0.1) is 17.5 Å². The maximum Gasteiger partial charge on any atom is 0.337 e. The van der Waals surface area contributed by atoms with Crippen molar-refractivity contribution >= 4 is 23.4 Å². The van der Waals surface area contributed by atoms with Crippen molar-refractivity contribution in [3.8, 4) is 0 Å². The van der Waals surface area contributed by atoms with Crippen molar-refractivity contribution in [2.24, 2.45) is 0 Å². The van der Waals surface area contributed by atoms with E-state index in [1.165, 1.54) is 0 Å². The molecule has 6 nitrogen and oxygen atoms in total. The van der Waals surface area contributed by atoms with Crippen LogP contribution in [0.25, 0.3) is 0 Å². The first-order chi connectivity index (χ1) is 7.47. The second-order valence-electron chi connectivity index (χ2n) is 3.17. The van der Waals surface area contributed by atoms with E-state index in [-0.39, 0.29) is 22.8 Å². The highest BCUT2D eigenvalue weighted by Gasteiger charge is 2.21. The van der Waals surface area contributed by atoms with Crippen LogP contribution in [0.15, 0.2) is 12.3 Å². The Morgan fingerprint density at radius 2 is 2.19 bits per heavy atom. The zero-order valence-corrected chi connectivity index (χ0v) is 8.92. The molecule has 0 fully saturated rings. The van der Waals surface area contributed by atoms with Gasteiger partial charge in [-0.1, -0.05) is 0 Å². The summed E-state index contributed by atoms with van der Waals surface area (Å²) in [6, 6.07) is 1.16. The summed E-state index contributed by atoms with van der Waals surface area (Å²) in [5, 5.41) is 27.7. The van der Waals surface area contributed by atoms with Crippen molar-refractivity contribution in [3.63, 3.8) is 0 Å². The maximum absolute atomic E-state index is 10.7. The van der Waals surface area contributed by atoms with Gasteiger partial charge >= 0.3 is 5.97 Å². The molecule has 0 saturated carbocycles. The predicted octanol–water partition coefficient (Wildman–Crippen LogP) is -0.00490. The molecule has 16 heavy (non-hydrogen) atoms. The van der Waals surface area contributed by atoms with E-state index in [2.05, 4.69) is 4.98 Å². The predicted molar refractivity (Wildman–Crippen MR) is 57.3 cm³/mol. The zero-order chi connectivity index (χ0) is 12.3. The lowest BCUT2D eigenvalue weighted by atomic mass is 10.0. The molecule has 1 aromatic heterocycles. The van der Waals surface area contributed by atoms with Crippen molar-refractivity contribution in [1.82, 2.24) is 4.98 Å². The van der Waals surface area contributed by atoms with Crippen LogP contribution in [0.1, 0.15) is 22.0 Å². The summed E-state index contributed by atoms with van der Waals surface area (Å²) in [6.07, 6.45) is -1.51. The number of aromatic nitrogens is 1. The molecular weight excluding hydrogens is 236 g/mol. The number of alkyl halides is 1. The van der Waals surface area contributed by atoms with Gasteiger partial charge in [-0.25, -0.2) is 9.78 Å². The van der Waals surface area contributed by atoms with Gasteiger partial charge in [-0.3, -0.25) is 0 Å². The minimum atomic E-state index is -1.36. The molecule has 0 radical (unpaired) electrons. The van der Waals surface area contributed by atoms with Crippen LogP contribution < -0.4 is 5.73 Å². The van der Waals surface area contributed by atoms with Gasteiger partial charge in [0.25, 0.3) is 0 Å². The molecule has 0 bridgehead atoms. The first-order valence-corrected chi connectivity index (χ1v) is 4.91. The van der Waals surface area contributed by atoms with Crippen molar-refractivity contribution < 1.29 is 20.1 Å². The van der Waals surface area contributed by atoms with Gasteiger partial charge in [-0.05, 0) is 6.07 Å². The zero-order valence-electron chi connectivity index (χ0n) is 8.17. The molecule has 1 rings (SSSR count). The maximum atomic E-state index is 10.7. The standard InChI is InChI=1S/C9H11ClN2O4/c10-2-6(13)7(14)5-1-4(9(15)16)3-12-8(5)11/h1,3,6-7,13-14H,2H2,(H2,11,12)(H,15,16). The van der Waals surface area contributed by atoms with Crippen molar-refractivity contribution in [3.05, 3.63) is 23.4 Å². The number of carboxylic acid groups (broad SMARTS) is 1. The SMILES string of the molecule is Nc1ncc(C(=O)O)cc1C(O)C(O)CCl. The number of hydrogen-bond acceptors (Lipinski definition) is 5. The van der Waals surface area contributed by atoms with Crippen LogP contribution in [0.2, 0.25) is 0 Å². The highest BCUT2D eigenvalue weighted by molar-refractivity contribution is 6.18. The molecule has 2 atom stereocenters. The number of anilines is 1. The number of nitrogens with zero attached hydrogens (tertiary/aromatic N) is 1. The molecule has 0 spiro atoms. The normalized spacial score (nSPS) is 14.4. The van der Waals surface area contributed by atoms with E-state index in [1.54, 1.807) is 0 Å². The lowest BCUT2D eigenvalue weighted by molar-refractivity contribution is 0.0329. The monoisotopic (exact) mass is 246 g/mol. The van der Waals surface area contributed by atoms with E-state index in [9.17, 15) is 15.0 Å². The van der Waals surface area contributed by atoms with Crippen LogP contribution in [-0.2, 0) is 0 Å². The first kappa shape index (κ1) is 12.7. The van der Waals surface area contributed by atoms with E-state index < -0.39 is 18.2 Å². The first-order valence-electron chi connectivity index (χ1n) is 4.38. The lowest BCUT2D eigenvalue weighted by Crippen LogP contribution is -2.21. The fourth-order valence-corrected chi connectivity index (χ4v) is 1.31. The summed E-state index contributed by atoms with van der Waals surface area (Å²) >= 11 is 5.36. The Morgan fingerprint density at radius 1 is 1.56 bits per heavy atom. The Labute approximate surface area is 96.3 Å². The van der Waals surface area contributed by atoms with E-state index in [1.807, 2.05) is 0 Å². The van der Waals surface area contributed by atoms with Crippen LogP contribution in [0.3, 0.4) is 0 Å². The minimum absolute atomic E-state index is 0.0401. The molecular formula is C9H11ClN2O4. The number of nitrogens with two attached hydrogens (primary N) is 1. The fourth-order valence-electron chi connectivity index (χ4n) is 1.14. The second-order valence-corrected chi connectivity index (χ2v) is 3.48. The van der Waals surface area contributed by atoms with Crippen molar-refractivity contribution in [2.45, 2.75) is 12.2 Å². The molecule has 1 aromatic rings. The van der Waals surface area contributed by atoms with Crippen LogP contribution >= 0.6 is 11.6 Å². The minimum Gasteiger partial charge on any atom is -0.478 e. The summed E-state index contributed by atoms with van der Waals surface area (Å²) in [7, 11) is 0. The summed E-state index contributed by atoms with van der Waals surface area (Å²) in [5.74, 6) is -1.43. The highest BCUT2D eigenvalue weighted by atomic mass is 35.5. The van der Waals surface area contributed by atoms with Gasteiger partial charge in [0.1, 0.15) is 11.9 Å². The molecule has 88 valence electrons. The van der Waals surface area contributed by atoms with Crippen LogP contribution in [0.4, 0.5) is 5.82 Å². The molecule has 0 saturated heterocycles. The Hall–Kier alpha value is -1.37. The molecule has 5 N–H and O–H groups in total. The largest absolute Gasteiger partial charge is 0.478 e. The molecule has 2 unspecified atom stereocenters. The third-order valence-corrected chi connectivity index (χ3v) is 2.35. The Bertz CT molecular complexity index is 399. The van der Waals surface area contributed by atoms with Gasteiger partial charge in [-0.2, -0.15) is 0 Å². The third kappa shape index (κ3) is 2.60. The van der Waals surface area contributed by atoms with Crippen LogP contribution in [0, 0.1) is 0 Å². The topological polar surface area (TPSA) is 117 Å². The number of halogens is 1. The molecule has 0 aromatic carbocycles. The lowest BCUT2D eigenvalue weighted by Gasteiger charge is -2.17. The summed E-state index contributed by atoms with van der Waals surface area (Å²) < 4.78 is 0. The average Bonchev–Trinajstić information content (AvgIpc) is 2.27. The summed E-state index contributed by atoms with van der Waals surface area (Å²) in [5.41, 5.74) is 5.39. The van der Waals surface area contributed by atoms with E-state index in [0.29, 0.717) is 0 Å². The number of aromatic carboxylic acids is 1. The average molecular weight is 247 g/mol. The number of aliphatic hydroxyl groups is 2. The van der Waals surface area contributed by atoms with Gasteiger partial charge in [0, 0.05) is 11.8 Å². The van der Waals surface area contributed by atoms with E-state index in [4.69, 9.17) is 22.4 Å². The van der Waals surface area contributed by atoms with Crippen LogP contribution in [-0.4, -0.2) is 38.3 Å². The number of nitrogen functional groups attached to an aromatic ring is 1. The van der Waals surface area contributed by atoms with Gasteiger partial charge in [0.15, 0.2) is 0 Å². The highest BCUT2D eigenvalue weighted by Crippen LogP contribution is 2.23. The number of carboxylic acids is 1. The van der Waals surface area contributed by atoms with Gasteiger partial charge < -0.3 is 21.1 Å². The third-order valence-electron chi connectivity index (χ3n) is 2.04. The van der Waals surface area contributed by atoms with E-state index >= 15 is 0 Å². The summed E-state index contributed by atoms with van der Waals surface area (Å²) in [6.45, 7) is 0. The molecule has 0 aliphatic carbocycles. The van der Waals surface area contributed by atoms with Crippen molar-refractivity contribution in [2.75, 3.05) is 11.6 Å². The second kappa shape index (κ2) is 5.11. The smallest absolute Gasteiger partial charge is 0.337 e. The Morgan fingerprint density at radius 3 is 2.69 bits per heavy atom. The number of rotatable bonds is 4. The number of pyridine rings is 1. The molecule has 7 heteroatoms. The Kier molecular flexibility index (Phi) is 4.05. The molecule has 0 aliphatic rings. The number of hydrogen-bond donors (Lipinski definition) is 4. The van der Waals surface area contributed by atoms with Gasteiger partial charge in [0.2, 0.25) is 0 Å².